The van der Waals surface area contributed by atoms with Crippen molar-refractivity contribution in [2.75, 3.05) is 5.32 Å². The summed E-state index contributed by atoms with van der Waals surface area (Å²) in [4.78, 5) is 28.4. The van der Waals surface area contributed by atoms with Crippen molar-refractivity contribution in [1.82, 2.24) is 19.9 Å². The summed E-state index contributed by atoms with van der Waals surface area (Å²) in [6.45, 7) is 0. The van der Waals surface area contributed by atoms with Gasteiger partial charge in [-0.25, -0.2) is 28.1 Å². The Morgan fingerprint density at radius 1 is 1.00 bits per heavy atom. The van der Waals surface area contributed by atoms with Crippen LogP contribution in [0.2, 0.25) is 0 Å². The summed E-state index contributed by atoms with van der Waals surface area (Å²) in [6, 6.07) is 6.07. The first-order valence-electron chi connectivity index (χ1n) is 11.8. The van der Waals surface area contributed by atoms with E-state index in [0.29, 0.717) is 33.7 Å². The number of hydrogen-bond donors (Lipinski definition) is 3. The van der Waals surface area contributed by atoms with Crippen molar-refractivity contribution < 1.29 is 23.1 Å². The number of benzene rings is 1. The van der Waals surface area contributed by atoms with E-state index in [1.54, 1.807) is 12.3 Å². The zero-order chi connectivity index (χ0) is 25.0. The van der Waals surface area contributed by atoms with Crippen molar-refractivity contribution >= 4 is 22.8 Å². The minimum atomic E-state index is -1.02. The van der Waals surface area contributed by atoms with Gasteiger partial charge in [0.1, 0.15) is 17.3 Å². The van der Waals surface area contributed by atoms with Crippen LogP contribution in [-0.2, 0) is 4.79 Å². The van der Waals surface area contributed by atoms with Crippen molar-refractivity contribution in [3.8, 4) is 22.6 Å². The summed E-state index contributed by atoms with van der Waals surface area (Å²) in [5.74, 6) is -3.05. The Morgan fingerprint density at radius 3 is 2.53 bits per heavy atom. The Labute approximate surface area is 203 Å². The molecule has 36 heavy (non-hydrogen) atoms. The number of nitrogens with one attached hydrogen (secondary N) is 2. The SMILES string of the molecule is O=C(O)C1C2CCC(CC2)C1Nc1cc(-c2ccc(F)c(F)c2)nc(-c2c[nH]c3ncc(F)cc23)n1. The van der Waals surface area contributed by atoms with Crippen LogP contribution < -0.4 is 5.32 Å². The highest BCUT2D eigenvalue weighted by Crippen LogP contribution is 2.46. The van der Waals surface area contributed by atoms with Gasteiger partial charge in [0.25, 0.3) is 0 Å². The Balaban J connectivity index is 1.47. The fourth-order valence-corrected chi connectivity index (χ4v) is 5.79. The summed E-state index contributed by atoms with van der Waals surface area (Å²) >= 11 is 0. The van der Waals surface area contributed by atoms with Crippen LogP contribution in [0.25, 0.3) is 33.7 Å². The number of H-pyrrole nitrogens is 1. The molecule has 3 saturated carbocycles. The van der Waals surface area contributed by atoms with Gasteiger partial charge in [-0.1, -0.05) is 0 Å². The molecule has 3 heterocycles. The molecule has 0 spiro atoms. The molecular weight excluding hydrogens is 471 g/mol. The maximum atomic E-state index is 14.1. The van der Waals surface area contributed by atoms with E-state index in [2.05, 4.69) is 25.3 Å². The molecule has 3 N–H and O–H groups in total. The third-order valence-electron chi connectivity index (χ3n) is 7.50. The van der Waals surface area contributed by atoms with Gasteiger partial charge in [-0.3, -0.25) is 4.79 Å². The molecule has 2 atom stereocenters. The quantitative estimate of drug-likeness (QED) is 0.344. The third kappa shape index (κ3) is 3.86. The normalized spacial score (nSPS) is 23.2. The van der Waals surface area contributed by atoms with Crippen LogP contribution in [0.15, 0.2) is 42.7 Å². The molecule has 3 aliphatic carbocycles. The summed E-state index contributed by atoms with van der Waals surface area (Å²) in [6.07, 6.45) is 6.36. The van der Waals surface area contributed by atoms with E-state index in [0.717, 1.165) is 44.0 Å². The lowest BCUT2D eigenvalue weighted by Gasteiger charge is -2.47. The lowest BCUT2D eigenvalue weighted by atomic mass is 9.61. The number of nitrogens with zero attached hydrogens (tertiary/aromatic N) is 3. The molecule has 4 aromatic rings. The van der Waals surface area contributed by atoms with Gasteiger partial charge in [0.2, 0.25) is 0 Å². The highest BCUT2D eigenvalue weighted by atomic mass is 19.2. The van der Waals surface area contributed by atoms with E-state index in [-0.39, 0.29) is 23.7 Å². The zero-order valence-corrected chi connectivity index (χ0v) is 19.0. The first kappa shape index (κ1) is 22.5. The topological polar surface area (TPSA) is 104 Å². The molecule has 0 radical (unpaired) electrons. The highest BCUT2D eigenvalue weighted by molar-refractivity contribution is 5.92. The van der Waals surface area contributed by atoms with Gasteiger partial charge in [-0.05, 0) is 61.8 Å². The Kier molecular flexibility index (Phi) is 5.39. The van der Waals surface area contributed by atoms with E-state index in [1.165, 1.54) is 12.1 Å². The number of aromatic amines is 1. The van der Waals surface area contributed by atoms with E-state index < -0.39 is 29.3 Å². The van der Waals surface area contributed by atoms with Gasteiger partial charge in [0, 0.05) is 34.8 Å². The molecule has 0 amide bonds. The number of halogens is 3. The predicted molar refractivity (Wildman–Crippen MR) is 126 cm³/mol. The van der Waals surface area contributed by atoms with Crippen LogP contribution in [0.1, 0.15) is 25.7 Å². The Bertz CT molecular complexity index is 1480. The molecule has 3 aliphatic rings. The van der Waals surface area contributed by atoms with Crippen LogP contribution >= 0.6 is 0 Å². The molecule has 1 aromatic carbocycles. The molecule has 10 heteroatoms. The van der Waals surface area contributed by atoms with Crippen molar-refractivity contribution in [1.29, 1.82) is 0 Å². The second-order valence-electron chi connectivity index (χ2n) is 9.55. The number of carboxylic acid groups (broad SMARTS) is 1. The summed E-state index contributed by atoms with van der Waals surface area (Å²) in [7, 11) is 0. The van der Waals surface area contributed by atoms with Crippen molar-refractivity contribution in [3.63, 3.8) is 0 Å². The standard InChI is InChI=1S/C26H22F3N5O2/c27-15-8-16-17(11-31-24(16)30-10-15)25-32-20(14-5-6-18(28)19(29)7-14)9-21(34-25)33-23-13-3-1-12(2-4-13)22(23)26(35)36/h5-13,22-23H,1-4H2,(H,30,31)(H,35,36)(H,32,33,34). The van der Waals surface area contributed by atoms with E-state index in [4.69, 9.17) is 0 Å². The lowest BCUT2D eigenvalue weighted by molar-refractivity contribution is -0.148. The Hall–Kier alpha value is -3.95. The molecule has 3 fully saturated rings. The molecular formula is C26H22F3N5O2. The number of hydrogen-bond acceptors (Lipinski definition) is 5. The number of aliphatic carboxylic acids is 1. The fraction of sp³-hybridized carbons (Fsp3) is 0.308. The van der Waals surface area contributed by atoms with Crippen LogP contribution in [0.4, 0.5) is 19.0 Å². The summed E-state index contributed by atoms with van der Waals surface area (Å²) in [5.41, 5.74) is 1.56. The molecule has 3 aromatic heterocycles. The van der Waals surface area contributed by atoms with Crippen molar-refractivity contribution in [2.24, 2.45) is 17.8 Å². The largest absolute Gasteiger partial charge is 0.481 e. The van der Waals surface area contributed by atoms with Gasteiger partial charge >= 0.3 is 5.97 Å². The van der Waals surface area contributed by atoms with Crippen LogP contribution in [0.5, 0.6) is 0 Å². The minimum Gasteiger partial charge on any atom is -0.481 e. The van der Waals surface area contributed by atoms with Gasteiger partial charge in [-0.15, -0.1) is 0 Å². The van der Waals surface area contributed by atoms with Crippen molar-refractivity contribution in [2.45, 2.75) is 31.7 Å². The molecule has 2 unspecified atom stereocenters. The summed E-state index contributed by atoms with van der Waals surface area (Å²) < 4.78 is 41.6. The lowest BCUT2D eigenvalue weighted by Crippen LogP contribution is -2.51. The maximum Gasteiger partial charge on any atom is 0.308 e. The van der Waals surface area contributed by atoms with Crippen LogP contribution in [0.3, 0.4) is 0 Å². The average Bonchev–Trinajstić information content (AvgIpc) is 3.29. The number of aromatic nitrogens is 4. The van der Waals surface area contributed by atoms with Crippen LogP contribution in [-0.4, -0.2) is 37.1 Å². The number of fused-ring (bicyclic) bond motifs is 4. The first-order valence-corrected chi connectivity index (χ1v) is 11.8. The minimum absolute atomic E-state index is 0.0969. The maximum absolute atomic E-state index is 14.1. The van der Waals surface area contributed by atoms with E-state index in [9.17, 15) is 23.1 Å². The van der Waals surface area contributed by atoms with Gasteiger partial charge in [0.05, 0.1) is 17.8 Å². The molecule has 184 valence electrons. The van der Waals surface area contributed by atoms with Crippen molar-refractivity contribution in [3.05, 3.63) is 60.2 Å². The van der Waals surface area contributed by atoms with Gasteiger partial charge in [0.15, 0.2) is 17.5 Å². The number of rotatable bonds is 5. The monoisotopic (exact) mass is 493 g/mol. The molecule has 7 nitrogen and oxygen atoms in total. The van der Waals surface area contributed by atoms with Gasteiger partial charge < -0.3 is 15.4 Å². The smallest absolute Gasteiger partial charge is 0.308 e. The average molecular weight is 493 g/mol. The molecule has 7 rings (SSSR count). The molecule has 2 bridgehead atoms. The molecule has 0 aliphatic heterocycles. The Morgan fingerprint density at radius 2 is 1.78 bits per heavy atom. The third-order valence-corrected chi connectivity index (χ3v) is 7.50. The fourth-order valence-electron chi connectivity index (χ4n) is 5.79. The number of pyridine rings is 1. The highest BCUT2D eigenvalue weighted by Gasteiger charge is 2.47. The predicted octanol–water partition coefficient (Wildman–Crippen LogP) is 5.41. The second-order valence-corrected chi connectivity index (χ2v) is 9.55. The van der Waals surface area contributed by atoms with E-state index in [1.807, 2.05) is 0 Å². The first-order chi connectivity index (χ1) is 17.4. The number of carbonyl (C=O) groups is 1. The number of anilines is 1. The molecule has 0 saturated heterocycles. The zero-order valence-electron chi connectivity index (χ0n) is 19.0. The van der Waals surface area contributed by atoms with Gasteiger partial charge in [-0.2, -0.15) is 0 Å². The summed E-state index contributed by atoms with van der Waals surface area (Å²) in [5, 5.41) is 13.8. The van der Waals surface area contributed by atoms with Crippen LogP contribution in [0, 0.1) is 35.2 Å². The number of carboxylic acids is 1. The van der Waals surface area contributed by atoms with E-state index >= 15 is 0 Å². The second kappa shape index (κ2) is 8.61.